The Balaban J connectivity index is 2.93. The van der Waals surface area contributed by atoms with Crippen molar-refractivity contribution in [1.29, 1.82) is 0 Å². The molecule has 6 heteroatoms. The van der Waals surface area contributed by atoms with Gasteiger partial charge in [-0.05, 0) is 18.6 Å². The maximum Gasteiger partial charge on any atom is 0.331 e. The maximum absolute atomic E-state index is 10.4. The van der Waals surface area contributed by atoms with Gasteiger partial charge in [-0.25, -0.2) is 4.79 Å². The van der Waals surface area contributed by atoms with Gasteiger partial charge >= 0.3 is 11.0 Å². The highest BCUT2D eigenvalue weighted by Crippen LogP contribution is 2.24. The van der Waals surface area contributed by atoms with E-state index in [0.717, 1.165) is 11.3 Å². The zero-order valence-electron chi connectivity index (χ0n) is 7.26. The number of carboxylic acids is 1. The van der Waals surface area contributed by atoms with E-state index in [0.29, 0.717) is 5.56 Å². The van der Waals surface area contributed by atoms with Crippen LogP contribution in [0.25, 0.3) is 6.08 Å². The summed E-state index contributed by atoms with van der Waals surface area (Å²) in [5.41, 5.74) is 0.694. The van der Waals surface area contributed by atoms with Crippen LogP contribution < -0.4 is 0 Å². The molecule has 0 unspecified atom stereocenters. The van der Waals surface area contributed by atoms with Crippen LogP contribution in [0.1, 0.15) is 12.5 Å². The molecule has 0 aromatic carbocycles. The van der Waals surface area contributed by atoms with E-state index in [1.54, 1.807) is 5.38 Å². The lowest BCUT2D eigenvalue weighted by atomic mass is 10.2. The van der Waals surface area contributed by atoms with Gasteiger partial charge in [0.25, 0.3) is 0 Å². The molecule has 1 N–H and O–H groups in total. The van der Waals surface area contributed by atoms with Crippen molar-refractivity contribution in [1.82, 2.24) is 0 Å². The molecule has 0 aliphatic rings. The molecular weight excluding hydrogens is 206 g/mol. The van der Waals surface area contributed by atoms with E-state index in [9.17, 15) is 14.9 Å². The number of rotatable bonds is 3. The minimum absolute atomic E-state index is 0.00874. The Morgan fingerprint density at radius 3 is 2.79 bits per heavy atom. The predicted molar refractivity (Wildman–Crippen MR) is 52.3 cm³/mol. The summed E-state index contributed by atoms with van der Waals surface area (Å²) in [7, 11) is 0. The summed E-state index contributed by atoms with van der Waals surface area (Å²) in [6.07, 6.45) is 1.39. The molecule has 0 spiro atoms. The normalized spacial score (nSPS) is 11.4. The van der Waals surface area contributed by atoms with Crippen molar-refractivity contribution in [3.05, 3.63) is 32.7 Å². The first-order valence-corrected chi connectivity index (χ1v) is 4.53. The Kier molecular flexibility index (Phi) is 2.98. The van der Waals surface area contributed by atoms with Crippen molar-refractivity contribution >= 4 is 28.4 Å². The van der Waals surface area contributed by atoms with Crippen molar-refractivity contribution in [2.24, 2.45) is 0 Å². The first kappa shape index (κ1) is 10.4. The minimum atomic E-state index is -1.03. The van der Waals surface area contributed by atoms with Crippen LogP contribution in [-0.2, 0) is 4.79 Å². The summed E-state index contributed by atoms with van der Waals surface area (Å²) in [4.78, 5) is 20.3. The van der Waals surface area contributed by atoms with Crippen LogP contribution in [0.2, 0.25) is 0 Å². The highest BCUT2D eigenvalue weighted by atomic mass is 32.1. The van der Waals surface area contributed by atoms with E-state index in [2.05, 4.69) is 0 Å². The van der Waals surface area contributed by atoms with Crippen molar-refractivity contribution in [3.8, 4) is 0 Å². The van der Waals surface area contributed by atoms with E-state index >= 15 is 0 Å². The summed E-state index contributed by atoms with van der Waals surface area (Å²) in [6.45, 7) is 1.44. The third-order valence-corrected chi connectivity index (χ3v) is 2.40. The molecule has 5 nitrogen and oxygen atoms in total. The summed E-state index contributed by atoms with van der Waals surface area (Å²) in [5, 5.41) is 20.4. The van der Waals surface area contributed by atoms with Gasteiger partial charge in [-0.1, -0.05) is 11.3 Å². The number of carbonyl (C=O) groups is 1. The lowest BCUT2D eigenvalue weighted by molar-refractivity contribution is -0.380. The van der Waals surface area contributed by atoms with Crippen LogP contribution >= 0.6 is 11.3 Å². The fourth-order valence-corrected chi connectivity index (χ4v) is 1.51. The summed E-state index contributed by atoms with van der Waals surface area (Å²) < 4.78 is 0. The Bertz CT molecular complexity index is 407. The van der Waals surface area contributed by atoms with Gasteiger partial charge in [-0.2, -0.15) is 0 Å². The number of hydrogen-bond donors (Lipinski definition) is 1. The Morgan fingerprint density at radius 2 is 2.36 bits per heavy atom. The number of nitro groups is 1. The summed E-state index contributed by atoms with van der Waals surface area (Å²) >= 11 is 0.975. The highest BCUT2D eigenvalue weighted by Gasteiger charge is 2.09. The average Bonchev–Trinajstić information content (AvgIpc) is 2.52. The van der Waals surface area contributed by atoms with Gasteiger partial charge in [0.05, 0.1) is 4.92 Å². The van der Waals surface area contributed by atoms with Crippen molar-refractivity contribution in [2.75, 3.05) is 0 Å². The fourth-order valence-electron chi connectivity index (χ4n) is 0.822. The van der Waals surface area contributed by atoms with Gasteiger partial charge in [0.2, 0.25) is 0 Å². The fraction of sp³-hybridized carbons (Fsp3) is 0.125. The summed E-state index contributed by atoms with van der Waals surface area (Å²) in [6, 6.07) is 1.34. The molecular formula is C8H7NO4S. The first-order chi connectivity index (χ1) is 6.50. The third-order valence-electron chi connectivity index (χ3n) is 1.51. The van der Waals surface area contributed by atoms with Crippen LogP contribution in [0.4, 0.5) is 5.00 Å². The zero-order valence-corrected chi connectivity index (χ0v) is 8.08. The average molecular weight is 213 g/mol. The van der Waals surface area contributed by atoms with Gasteiger partial charge in [-0.15, -0.1) is 0 Å². The second-order valence-electron chi connectivity index (χ2n) is 2.61. The molecule has 14 heavy (non-hydrogen) atoms. The second kappa shape index (κ2) is 4.01. The van der Waals surface area contributed by atoms with E-state index < -0.39 is 10.9 Å². The molecule has 1 heterocycles. The molecule has 0 aliphatic heterocycles. The van der Waals surface area contributed by atoms with Gasteiger partial charge < -0.3 is 5.11 Å². The van der Waals surface area contributed by atoms with Crippen LogP contribution in [0.5, 0.6) is 0 Å². The monoisotopic (exact) mass is 213 g/mol. The van der Waals surface area contributed by atoms with E-state index in [4.69, 9.17) is 5.11 Å². The SMILES string of the molecule is CC(=Cc1csc([N+](=O)[O-])c1)C(=O)O. The maximum atomic E-state index is 10.4. The molecule has 0 amide bonds. The van der Waals surface area contributed by atoms with Gasteiger partial charge in [0, 0.05) is 17.0 Å². The smallest absolute Gasteiger partial charge is 0.331 e. The van der Waals surface area contributed by atoms with E-state index in [-0.39, 0.29) is 10.6 Å². The number of nitrogens with zero attached hydrogens (tertiary/aromatic N) is 1. The molecule has 0 atom stereocenters. The summed E-state index contributed by atoms with van der Waals surface area (Å²) in [5.74, 6) is -1.03. The predicted octanol–water partition coefficient (Wildman–Crippen LogP) is 2.14. The number of thiophene rings is 1. The molecule has 0 bridgehead atoms. The molecule has 0 saturated heterocycles. The molecule has 0 aliphatic carbocycles. The highest BCUT2D eigenvalue weighted by molar-refractivity contribution is 7.13. The topological polar surface area (TPSA) is 80.4 Å². The second-order valence-corrected chi connectivity index (χ2v) is 3.50. The number of aliphatic carboxylic acids is 1. The minimum Gasteiger partial charge on any atom is -0.478 e. The van der Waals surface area contributed by atoms with Crippen LogP contribution in [0.3, 0.4) is 0 Å². The van der Waals surface area contributed by atoms with Gasteiger partial charge in [-0.3, -0.25) is 10.1 Å². The first-order valence-electron chi connectivity index (χ1n) is 3.65. The Morgan fingerprint density at radius 1 is 1.71 bits per heavy atom. The van der Waals surface area contributed by atoms with Crippen molar-refractivity contribution < 1.29 is 14.8 Å². The van der Waals surface area contributed by atoms with E-state index in [1.807, 2.05) is 0 Å². The lowest BCUT2D eigenvalue weighted by Gasteiger charge is -1.89. The Hall–Kier alpha value is -1.69. The molecule has 1 aromatic heterocycles. The third kappa shape index (κ3) is 2.40. The van der Waals surface area contributed by atoms with E-state index in [1.165, 1.54) is 19.1 Å². The van der Waals surface area contributed by atoms with Crippen LogP contribution in [0.15, 0.2) is 17.0 Å². The standard InChI is InChI=1S/C8H7NO4S/c1-5(8(10)11)2-6-3-7(9(12)13)14-4-6/h2-4H,1H3,(H,10,11). The largest absolute Gasteiger partial charge is 0.478 e. The molecule has 74 valence electrons. The quantitative estimate of drug-likeness (QED) is 0.474. The van der Waals surface area contributed by atoms with Crippen LogP contribution in [0, 0.1) is 10.1 Å². The van der Waals surface area contributed by atoms with Gasteiger partial charge in [0.15, 0.2) is 0 Å². The lowest BCUT2D eigenvalue weighted by Crippen LogP contribution is -1.94. The molecule has 0 fully saturated rings. The van der Waals surface area contributed by atoms with Gasteiger partial charge in [0.1, 0.15) is 0 Å². The Labute approximate surface area is 83.5 Å². The molecule has 0 radical (unpaired) electrons. The number of hydrogen-bond acceptors (Lipinski definition) is 4. The van der Waals surface area contributed by atoms with Crippen LogP contribution in [-0.4, -0.2) is 16.0 Å². The molecule has 1 aromatic rings. The number of carboxylic acid groups (broad SMARTS) is 1. The van der Waals surface area contributed by atoms with Crippen molar-refractivity contribution in [2.45, 2.75) is 6.92 Å². The molecule has 1 rings (SSSR count). The molecule has 0 saturated carbocycles. The van der Waals surface area contributed by atoms with Crippen molar-refractivity contribution in [3.63, 3.8) is 0 Å². The zero-order chi connectivity index (χ0) is 10.7.